The number of nitrogens with two attached hydrogens (primary N) is 1. The first-order valence-corrected chi connectivity index (χ1v) is 6.78. The molecule has 0 aliphatic heterocycles. The van der Waals surface area contributed by atoms with Crippen molar-refractivity contribution in [3.8, 4) is 0 Å². The predicted octanol–water partition coefficient (Wildman–Crippen LogP) is 2.63. The fourth-order valence-corrected chi connectivity index (χ4v) is 2.44. The summed E-state index contributed by atoms with van der Waals surface area (Å²) in [5.74, 6) is 0.429. The third-order valence-corrected chi connectivity index (χ3v) is 3.86. The van der Waals surface area contributed by atoms with Crippen molar-refractivity contribution in [1.82, 2.24) is 5.32 Å². The van der Waals surface area contributed by atoms with Crippen molar-refractivity contribution in [3.05, 3.63) is 34.3 Å². The first-order valence-electron chi connectivity index (χ1n) is 5.98. The molecular weight excluding hydrogens is 264 g/mol. The molecule has 0 bridgehead atoms. The zero-order valence-corrected chi connectivity index (χ0v) is 11.0. The maximum Gasteiger partial charge on any atom is 0.0178 e. The predicted molar refractivity (Wildman–Crippen MR) is 71.6 cm³/mol. The van der Waals surface area contributed by atoms with Crippen molar-refractivity contribution in [2.24, 2.45) is 5.73 Å². The number of rotatable bonds is 5. The minimum Gasteiger partial charge on any atom is -0.330 e. The highest BCUT2D eigenvalue weighted by molar-refractivity contribution is 9.10. The van der Waals surface area contributed by atoms with E-state index in [2.05, 4.69) is 45.5 Å². The molecule has 0 saturated heterocycles. The van der Waals surface area contributed by atoms with Gasteiger partial charge in [0.25, 0.3) is 0 Å². The molecule has 1 aliphatic carbocycles. The van der Waals surface area contributed by atoms with Crippen LogP contribution < -0.4 is 11.1 Å². The lowest BCUT2D eigenvalue weighted by Crippen LogP contribution is -2.39. The van der Waals surface area contributed by atoms with Gasteiger partial charge in [-0.2, -0.15) is 0 Å². The topological polar surface area (TPSA) is 38.0 Å². The second-order valence-electron chi connectivity index (χ2n) is 4.52. The van der Waals surface area contributed by atoms with Gasteiger partial charge in [0.1, 0.15) is 0 Å². The van der Waals surface area contributed by atoms with Crippen molar-refractivity contribution in [1.29, 1.82) is 0 Å². The Morgan fingerprint density at radius 1 is 1.44 bits per heavy atom. The molecule has 16 heavy (non-hydrogen) atoms. The van der Waals surface area contributed by atoms with E-state index in [4.69, 9.17) is 5.73 Å². The molecule has 1 fully saturated rings. The van der Waals surface area contributed by atoms with E-state index in [-0.39, 0.29) is 0 Å². The number of hydrogen-bond acceptors (Lipinski definition) is 2. The Hall–Kier alpha value is -0.380. The van der Waals surface area contributed by atoms with E-state index in [9.17, 15) is 0 Å². The van der Waals surface area contributed by atoms with E-state index >= 15 is 0 Å². The van der Waals surface area contributed by atoms with E-state index in [0.717, 1.165) is 17.1 Å². The first-order chi connectivity index (χ1) is 7.79. The third-order valence-electron chi connectivity index (χ3n) is 3.36. The van der Waals surface area contributed by atoms with Gasteiger partial charge in [-0.1, -0.05) is 34.5 Å². The zero-order valence-electron chi connectivity index (χ0n) is 9.45. The quantitative estimate of drug-likeness (QED) is 0.871. The number of hydrogen-bond donors (Lipinski definition) is 2. The summed E-state index contributed by atoms with van der Waals surface area (Å²) in [6, 6.07) is 9.19. The summed E-state index contributed by atoms with van der Waals surface area (Å²) in [6.07, 6.45) is 4.04. The summed E-state index contributed by atoms with van der Waals surface area (Å²) in [6.45, 7) is 1.70. The molecule has 3 N–H and O–H groups in total. The van der Waals surface area contributed by atoms with Crippen LogP contribution in [0.4, 0.5) is 0 Å². The van der Waals surface area contributed by atoms with Gasteiger partial charge in [-0.15, -0.1) is 0 Å². The Morgan fingerprint density at radius 2 is 2.25 bits per heavy atom. The monoisotopic (exact) mass is 282 g/mol. The molecule has 88 valence electrons. The van der Waals surface area contributed by atoms with Crippen LogP contribution in [0.3, 0.4) is 0 Å². The highest BCUT2D eigenvalue weighted by Crippen LogP contribution is 2.21. The van der Waals surface area contributed by atoms with E-state index in [1.807, 2.05) is 0 Å². The normalized spacial score (nSPS) is 18.1. The Bertz CT molecular complexity index is 336. The van der Waals surface area contributed by atoms with Crippen LogP contribution in [0.5, 0.6) is 0 Å². The van der Waals surface area contributed by atoms with Crippen LogP contribution >= 0.6 is 15.9 Å². The number of nitrogens with one attached hydrogen (secondary N) is 1. The van der Waals surface area contributed by atoms with Crippen LogP contribution in [0, 0.1) is 0 Å². The van der Waals surface area contributed by atoms with Crippen molar-refractivity contribution >= 4 is 15.9 Å². The van der Waals surface area contributed by atoms with Crippen LogP contribution in [-0.4, -0.2) is 19.1 Å². The minimum absolute atomic E-state index is 0.429. The van der Waals surface area contributed by atoms with Crippen LogP contribution in [0.1, 0.15) is 30.7 Å². The van der Waals surface area contributed by atoms with E-state index < -0.39 is 0 Å². The lowest BCUT2D eigenvalue weighted by molar-refractivity contribution is 0.332. The van der Waals surface area contributed by atoms with Crippen molar-refractivity contribution in [2.45, 2.75) is 31.2 Å². The molecule has 1 unspecified atom stereocenters. The summed E-state index contributed by atoms with van der Waals surface area (Å²) >= 11 is 3.50. The van der Waals surface area contributed by atoms with Crippen LogP contribution in [-0.2, 0) is 0 Å². The molecule has 0 radical (unpaired) electrons. The van der Waals surface area contributed by atoms with E-state index in [1.54, 1.807) is 0 Å². The maximum atomic E-state index is 5.85. The van der Waals surface area contributed by atoms with E-state index in [0.29, 0.717) is 12.5 Å². The van der Waals surface area contributed by atoms with Gasteiger partial charge >= 0.3 is 0 Å². The molecule has 1 aromatic rings. The molecule has 0 heterocycles. The lowest BCUT2D eigenvalue weighted by atomic mass is 9.91. The molecule has 0 aromatic heterocycles. The average molecular weight is 283 g/mol. The van der Waals surface area contributed by atoms with Gasteiger partial charge in [0.2, 0.25) is 0 Å². The third kappa shape index (κ3) is 3.06. The fraction of sp³-hybridized carbons (Fsp3) is 0.538. The SMILES string of the molecule is NCC(CNC1CCC1)c1cccc(Br)c1. The van der Waals surface area contributed by atoms with Gasteiger partial charge in [-0.05, 0) is 30.5 Å². The number of benzene rings is 1. The van der Waals surface area contributed by atoms with Gasteiger partial charge in [0.05, 0.1) is 0 Å². The van der Waals surface area contributed by atoms with Crippen molar-refractivity contribution < 1.29 is 0 Å². The highest BCUT2D eigenvalue weighted by Gasteiger charge is 2.18. The van der Waals surface area contributed by atoms with Gasteiger partial charge in [-0.3, -0.25) is 0 Å². The molecule has 1 atom stereocenters. The maximum absolute atomic E-state index is 5.85. The van der Waals surface area contributed by atoms with Gasteiger partial charge in [0.15, 0.2) is 0 Å². The lowest BCUT2D eigenvalue weighted by Gasteiger charge is -2.28. The van der Waals surface area contributed by atoms with Gasteiger partial charge < -0.3 is 11.1 Å². The molecule has 2 rings (SSSR count). The Morgan fingerprint density at radius 3 is 2.81 bits per heavy atom. The molecule has 0 amide bonds. The second-order valence-corrected chi connectivity index (χ2v) is 5.44. The zero-order chi connectivity index (χ0) is 11.4. The molecular formula is C13H19BrN2. The molecule has 3 heteroatoms. The summed E-state index contributed by atoms with van der Waals surface area (Å²) < 4.78 is 1.13. The highest BCUT2D eigenvalue weighted by atomic mass is 79.9. The Labute approximate surface area is 106 Å². The smallest absolute Gasteiger partial charge is 0.0178 e. The van der Waals surface area contributed by atoms with Crippen molar-refractivity contribution in [3.63, 3.8) is 0 Å². The first kappa shape index (κ1) is 12.1. The molecule has 0 spiro atoms. The summed E-state index contributed by atoms with van der Waals surface area (Å²) in [5, 5.41) is 3.59. The van der Waals surface area contributed by atoms with E-state index in [1.165, 1.54) is 24.8 Å². The summed E-state index contributed by atoms with van der Waals surface area (Å²) in [5.41, 5.74) is 7.17. The van der Waals surface area contributed by atoms with Gasteiger partial charge in [-0.25, -0.2) is 0 Å². The second kappa shape index (κ2) is 5.80. The summed E-state index contributed by atoms with van der Waals surface area (Å²) in [7, 11) is 0. The number of halogens is 1. The van der Waals surface area contributed by atoms with Crippen LogP contribution in [0.25, 0.3) is 0 Å². The van der Waals surface area contributed by atoms with Crippen LogP contribution in [0.15, 0.2) is 28.7 Å². The standard InChI is InChI=1S/C13H19BrN2/c14-12-4-1-3-10(7-12)11(8-15)9-16-13-5-2-6-13/h1,3-4,7,11,13,16H,2,5-6,8-9,15H2. The Kier molecular flexibility index (Phi) is 4.38. The fourth-order valence-electron chi connectivity index (χ4n) is 2.02. The minimum atomic E-state index is 0.429. The van der Waals surface area contributed by atoms with Crippen LogP contribution in [0.2, 0.25) is 0 Å². The molecule has 2 nitrogen and oxygen atoms in total. The molecule has 1 aromatic carbocycles. The largest absolute Gasteiger partial charge is 0.330 e. The molecule has 1 aliphatic rings. The molecule has 1 saturated carbocycles. The average Bonchev–Trinajstić information content (AvgIpc) is 2.22. The summed E-state index contributed by atoms with van der Waals surface area (Å²) in [4.78, 5) is 0. The Balaban J connectivity index is 1.92. The van der Waals surface area contributed by atoms with Gasteiger partial charge in [0, 0.05) is 29.5 Å². The van der Waals surface area contributed by atoms with Crippen molar-refractivity contribution in [2.75, 3.05) is 13.1 Å².